The molecule has 0 atom stereocenters. The third kappa shape index (κ3) is 1.59. The Morgan fingerprint density at radius 2 is 2.08 bits per heavy atom. The number of fused-ring (bicyclic) bond motifs is 1. The maximum atomic E-state index is 3.85. The Balaban J connectivity index is 2.35. The molecule has 13 heavy (non-hydrogen) atoms. The highest BCUT2D eigenvalue weighted by Gasteiger charge is 2.00. The van der Waals surface area contributed by atoms with Crippen molar-refractivity contribution in [3.63, 3.8) is 0 Å². The standard InChI is InChI=1S/C12H14N/c1-2-3-8-12-11-7-5-4-6-10(11)9-13-12/h4-7,9,13H,1-3,8H2. The third-order valence-electron chi connectivity index (χ3n) is 2.36. The Hall–Kier alpha value is -1.24. The number of unbranched alkanes of at least 4 members (excludes halogenated alkanes) is 1. The summed E-state index contributed by atoms with van der Waals surface area (Å²) in [5.74, 6) is 0. The second-order valence-corrected chi connectivity index (χ2v) is 3.31. The predicted octanol–water partition coefficient (Wildman–Crippen LogP) is 3.32. The van der Waals surface area contributed by atoms with Gasteiger partial charge in [0, 0.05) is 17.3 Å². The highest BCUT2D eigenvalue weighted by Crippen LogP contribution is 2.18. The molecule has 0 unspecified atom stereocenters. The molecule has 2 aromatic rings. The van der Waals surface area contributed by atoms with Crippen molar-refractivity contribution in [2.24, 2.45) is 0 Å². The molecule has 0 aliphatic carbocycles. The van der Waals surface area contributed by atoms with E-state index in [4.69, 9.17) is 0 Å². The van der Waals surface area contributed by atoms with Crippen LogP contribution in [0.1, 0.15) is 18.5 Å². The highest BCUT2D eigenvalue weighted by atomic mass is 14.7. The average molecular weight is 172 g/mol. The number of aromatic amines is 1. The minimum Gasteiger partial charge on any atom is -0.364 e. The van der Waals surface area contributed by atoms with Gasteiger partial charge in [0.25, 0.3) is 0 Å². The largest absolute Gasteiger partial charge is 0.364 e. The quantitative estimate of drug-likeness (QED) is 0.731. The van der Waals surface area contributed by atoms with Crippen molar-refractivity contribution in [2.45, 2.75) is 19.3 Å². The van der Waals surface area contributed by atoms with Crippen molar-refractivity contribution in [1.82, 2.24) is 4.98 Å². The van der Waals surface area contributed by atoms with Crippen LogP contribution in [0.5, 0.6) is 0 Å². The first-order chi connectivity index (χ1) is 6.42. The monoisotopic (exact) mass is 172 g/mol. The molecular weight excluding hydrogens is 158 g/mol. The molecule has 2 rings (SSSR count). The van der Waals surface area contributed by atoms with Gasteiger partial charge in [-0.05, 0) is 18.2 Å². The van der Waals surface area contributed by atoms with Crippen LogP contribution < -0.4 is 0 Å². The average Bonchev–Trinajstić information content (AvgIpc) is 2.58. The smallest absolute Gasteiger partial charge is 0.0226 e. The number of aryl methyl sites for hydroxylation is 1. The fourth-order valence-corrected chi connectivity index (χ4v) is 1.65. The van der Waals surface area contributed by atoms with Crippen LogP contribution in [0.4, 0.5) is 0 Å². The fourth-order valence-electron chi connectivity index (χ4n) is 1.65. The number of hydrogen-bond acceptors (Lipinski definition) is 0. The van der Waals surface area contributed by atoms with E-state index in [9.17, 15) is 0 Å². The number of hydrogen-bond donors (Lipinski definition) is 1. The van der Waals surface area contributed by atoms with E-state index in [1.165, 1.54) is 16.5 Å². The van der Waals surface area contributed by atoms with Crippen LogP contribution in [0.25, 0.3) is 10.8 Å². The Morgan fingerprint density at radius 3 is 2.92 bits per heavy atom. The normalized spacial score (nSPS) is 10.8. The zero-order valence-electron chi connectivity index (χ0n) is 7.72. The van der Waals surface area contributed by atoms with E-state index in [1.54, 1.807) is 0 Å². The third-order valence-corrected chi connectivity index (χ3v) is 2.36. The van der Waals surface area contributed by atoms with E-state index in [0.717, 1.165) is 19.3 Å². The molecule has 1 aromatic carbocycles. The molecule has 0 aliphatic heterocycles. The number of benzene rings is 1. The molecule has 0 amide bonds. The van der Waals surface area contributed by atoms with Crippen LogP contribution in [0.15, 0.2) is 30.5 Å². The molecular formula is C12H14N. The van der Waals surface area contributed by atoms with Gasteiger partial charge in [0.2, 0.25) is 0 Å². The van der Waals surface area contributed by atoms with Gasteiger partial charge in [0.05, 0.1) is 0 Å². The zero-order chi connectivity index (χ0) is 9.10. The molecule has 0 saturated heterocycles. The summed E-state index contributed by atoms with van der Waals surface area (Å²) in [6.07, 6.45) is 5.35. The fraction of sp³-hybridized carbons (Fsp3) is 0.250. The van der Waals surface area contributed by atoms with E-state index in [0.29, 0.717) is 0 Å². The second kappa shape index (κ2) is 3.65. The molecule has 67 valence electrons. The van der Waals surface area contributed by atoms with Gasteiger partial charge >= 0.3 is 0 Å². The number of rotatable bonds is 3. The Labute approximate surface area is 78.8 Å². The van der Waals surface area contributed by atoms with Gasteiger partial charge in [0.1, 0.15) is 0 Å². The van der Waals surface area contributed by atoms with Gasteiger partial charge in [-0.2, -0.15) is 0 Å². The van der Waals surface area contributed by atoms with Crippen molar-refractivity contribution in [3.8, 4) is 0 Å². The molecule has 1 aromatic heterocycles. The lowest BCUT2D eigenvalue weighted by atomic mass is 10.1. The van der Waals surface area contributed by atoms with Crippen LogP contribution in [0, 0.1) is 6.92 Å². The molecule has 0 fully saturated rings. The molecule has 1 N–H and O–H groups in total. The molecule has 0 spiro atoms. The summed E-state index contributed by atoms with van der Waals surface area (Å²) in [6.45, 7) is 3.85. The van der Waals surface area contributed by atoms with E-state index in [1.807, 2.05) is 0 Å². The van der Waals surface area contributed by atoms with Crippen molar-refractivity contribution < 1.29 is 0 Å². The van der Waals surface area contributed by atoms with E-state index in [2.05, 4.69) is 42.4 Å². The second-order valence-electron chi connectivity index (χ2n) is 3.31. The van der Waals surface area contributed by atoms with Crippen molar-refractivity contribution >= 4 is 10.8 Å². The predicted molar refractivity (Wildman–Crippen MR) is 56.6 cm³/mol. The topological polar surface area (TPSA) is 15.8 Å². The minimum absolute atomic E-state index is 1.01. The summed E-state index contributed by atoms with van der Waals surface area (Å²) >= 11 is 0. The lowest BCUT2D eigenvalue weighted by Crippen LogP contribution is -1.84. The summed E-state index contributed by atoms with van der Waals surface area (Å²) in [6, 6.07) is 8.47. The van der Waals surface area contributed by atoms with E-state index < -0.39 is 0 Å². The van der Waals surface area contributed by atoms with Gasteiger partial charge in [-0.15, -0.1) is 0 Å². The SMILES string of the molecule is [CH2]CCCc1[nH]cc2ccccc12. The minimum atomic E-state index is 1.01. The van der Waals surface area contributed by atoms with Gasteiger partial charge in [-0.3, -0.25) is 0 Å². The molecule has 1 radical (unpaired) electrons. The van der Waals surface area contributed by atoms with Gasteiger partial charge in [-0.1, -0.05) is 37.6 Å². The molecule has 0 aliphatic rings. The summed E-state index contributed by atoms with van der Waals surface area (Å²) in [7, 11) is 0. The molecule has 0 saturated carbocycles. The lowest BCUT2D eigenvalue weighted by Gasteiger charge is -1.96. The molecule has 0 bridgehead atoms. The molecule has 1 heterocycles. The summed E-state index contributed by atoms with van der Waals surface area (Å²) < 4.78 is 0. The van der Waals surface area contributed by atoms with E-state index >= 15 is 0 Å². The first-order valence-corrected chi connectivity index (χ1v) is 4.76. The van der Waals surface area contributed by atoms with Gasteiger partial charge in [0.15, 0.2) is 0 Å². The molecule has 1 heteroatoms. The molecule has 1 nitrogen and oxygen atoms in total. The summed E-state index contributed by atoms with van der Waals surface area (Å²) in [5.41, 5.74) is 1.35. The maximum absolute atomic E-state index is 3.85. The van der Waals surface area contributed by atoms with E-state index in [-0.39, 0.29) is 0 Å². The summed E-state index contributed by atoms with van der Waals surface area (Å²) in [5, 5.41) is 2.66. The maximum Gasteiger partial charge on any atom is 0.0226 e. The van der Waals surface area contributed by atoms with Crippen LogP contribution in [-0.4, -0.2) is 4.98 Å². The zero-order valence-corrected chi connectivity index (χ0v) is 7.72. The van der Waals surface area contributed by atoms with Crippen LogP contribution in [0.2, 0.25) is 0 Å². The lowest BCUT2D eigenvalue weighted by molar-refractivity contribution is 0.827. The van der Waals surface area contributed by atoms with Gasteiger partial charge < -0.3 is 4.98 Å². The summed E-state index contributed by atoms with van der Waals surface area (Å²) in [4.78, 5) is 3.32. The number of nitrogens with one attached hydrogen (secondary N) is 1. The van der Waals surface area contributed by atoms with Gasteiger partial charge in [-0.25, -0.2) is 0 Å². The van der Waals surface area contributed by atoms with Crippen LogP contribution in [0.3, 0.4) is 0 Å². The van der Waals surface area contributed by atoms with Crippen LogP contribution in [-0.2, 0) is 6.42 Å². The number of H-pyrrole nitrogens is 1. The highest BCUT2D eigenvalue weighted by molar-refractivity contribution is 5.85. The Kier molecular flexibility index (Phi) is 2.35. The Bertz CT molecular complexity index is 387. The van der Waals surface area contributed by atoms with Crippen molar-refractivity contribution in [2.75, 3.05) is 0 Å². The first-order valence-electron chi connectivity index (χ1n) is 4.76. The van der Waals surface area contributed by atoms with Crippen molar-refractivity contribution in [3.05, 3.63) is 43.1 Å². The number of aromatic nitrogens is 1. The van der Waals surface area contributed by atoms with Crippen molar-refractivity contribution in [1.29, 1.82) is 0 Å². The first kappa shape index (κ1) is 8.36. The van der Waals surface area contributed by atoms with Crippen LogP contribution >= 0.6 is 0 Å². The Morgan fingerprint density at radius 1 is 1.23 bits per heavy atom.